The summed E-state index contributed by atoms with van der Waals surface area (Å²) in [6.45, 7) is 0. The largest absolute Gasteiger partial charge is 0.311 e. The Balaban J connectivity index is 3.30. The minimum Gasteiger partial charge on any atom is -0.200 e. The summed E-state index contributed by atoms with van der Waals surface area (Å²) in [5.41, 5.74) is -0.256. The quantitative estimate of drug-likeness (QED) is 0.561. The third-order valence-electron chi connectivity index (χ3n) is 1.10. The number of halogens is 1. The molecule has 0 aromatic carbocycles. The Morgan fingerprint density at radius 3 is 3.00 bits per heavy atom. The van der Waals surface area contributed by atoms with Gasteiger partial charge in [0.1, 0.15) is 0 Å². The van der Waals surface area contributed by atoms with Crippen molar-refractivity contribution in [2.75, 3.05) is 0 Å². The molecule has 1 N–H and O–H groups in total. The third kappa shape index (κ3) is 1.35. The summed E-state index contributed by atoms with van der Waals surface area (Å²) in [5, 5.41) is 10.8. The Kier molecular flexibility index (Phi) is 1.88. The molecule has 0 aliphatic rings. The molecule has 0 atom stereocenters. The van der Waals surface area contributed by atoms with Gasteiger partial charge in [-0.2, -0.15) is 10.2 Å². The molecule has 0 saturated heterocycles. The lowest BCUT2D eigenvalue weighted by Gasteiger charge is -1.84. The van der Waals surface area contributed by atoms with Crippen LogP contribution in [0.1, 0.15) is 5.69 Å². The van der Waals surface area contributed by atoms with Crippen molar-refractivity contribution in [3.05, 3.63) is 28.7 Å². The molecule has 54 valence electrons. The van der Waals surface area contributed by atoms with E-state index in [1.54, 1.807) is 6.07 Å². The lowest BCUT2D eigenvalue weighted by Crippen LogP contribution is -2.07. The molecule has 0 spiro atoms. The zero-order valence-corrected chi connectivity index (χ0v) is 5.34. The van der Waals surface area contributed by atoms with Crippen molar-refractivity contribution in [3.8, 4) is 6.07 Å². The maximum Gasteiger partial charge on any atom is 0.311 e. The predicted molar refractivity (Wildman–Crippen MR) is 33.1 cm³/mol. The first-order valence-electron chi connectivity index (χ1n) is 2.72. The maximum absolute atomic E-state index is 12.3. The molecule has 11 heavy (non-hydrogen) atoms. The fourth-order valence-corrected chi connectivity index (χ4v) is 0.621. The Morgan fingerprint density at radius 1 is 1.73 bits per heavy atom. The highest BCUT2D eigenvalue weighted by molar-refractivity contribution is 5.44. The number of aromatic amines is 1. The fourth-order valence-electron chi connectivity index (χ4n) is 0.621. The Morgan fingerprint density at radius 2 is 2.45 bits per heavy atom. The topological polar surface area (TPSA) is 67.4 Å². The average molecular weight is 152 g/mol. The molecule has 0 unspecified atom stereocenters. The Labute approximate surface area is 61.3 Å². The number of hydrogen-bond acceptors (Lipinski definition) is 3. The van der Waals surface area contributed by atoms with E-state index < -0.39 is 5.82 Å². The second kappa shape index (κ2) is 2.84. The number of H-pyrrole nitrogens is 1. The highest BCUT2D eigenvalue weighted by Crippen LogP contribution is 2.13. The predicted octanol–water partition coefficient (Wildman–Crippen LogP) is 0.909. The van der Waals surface area contributed by atoms with Gasteiger partial charge in [-0.15, -0.1) is 4.91 Å². The summed E-state index contributed by atoms with van der Waals surface area (Å²) in [5.74, 6) is -0.626. The van der Waals surface area contributed by atoms with Crippen LogP contribution in [0.25, 0.3) is 0 Å². The number of nitrogens with one attached hydrogen (secondary N) is 1. The highest BCUT2D eigenvalue weighted by Gasteiger charge is 2.10. The van der Waals surface area contributed by atoms with Crippen LogP contribution in [0.15, 0.2) is 17.4 Å². The van der Waals surface area contributed by atoms with Gasteiger partial charge in [0, 0.05) is 6.07 Å². The second-order valence-corrected chi connectivity index (χ2v) is 1.78. The van der Waals surface area contributed by atoms with Crippen molar-refractivity contribution < 1.29 is 9.37 Å². The van der Waals surface area contributed by atoms with Crippen LogP contribution in [0.4, 0.5) is 10.1 Å². The van der Waals surface area contributed by atoms with Crippen LogP contribution >= 0.6 is 0 Å². The molecular weight excluding hydrogens is 149 g/mol. The van der Waals surface area contributed by atoms with Gasteiger partial charge in [-0.05, 0) is 5.18 Å². The van der Waals surface area contributed by atoms with Gasteiger partial charge < -0.3 is 0 Å². The molecule has 5 heteroatoms. The van der Waals surface area contributed by atoms with Crippen LogP contribution in [0.5, 0.6) is 0 Å². The van der Waals surface area contributed by atoms with Gasteiger partial charge in [-0.25, -0.2) is 4.39 Å². The fraction of sp³-hybridized carbons (Fsp3) is 0. The average Bonchev–Trinajstić information content (AvgIpc) is 2.04. The number of nitrogens with zero attached hydrogens (tertiary/aromatic N) is 2. The number of rotatable bonds is 1. The minimum atomic E-state index is -0.626. The molecule has 1 rings (SSSR count). The molecule has 0 radical (unpaired) electrons. The number of pyridine rings is 1. The van der Waals surface area contributed by atoms with Crippen LogP contribution in [0.2, 0.25) is 0 Å². The first-order valence-corrected chi connectivity index (χ1v) is 2.72. The van der Waals surface area contributed by atoms with Gasteiger partial charge in [0.2, 0.25) is 6.20 Å². The summed E-state index contributed by atoms with van der Waals surface area (Å²) in [6.07, 6.45) is 0.979. The molecule has 0 aliphatic carbocycles. The van der Waals surface area contributed by atoms with Gasteiger partial charge >= 0.3 is 5.69 Å². The monoisotopic (exact) mass is 152 g/mol. The van der Waals surface area contributed by atoms with E-state index in [9.17, 15) is 9.30 Å². The maximum atomic E-state index is 12.3. The van der Waals surface area contributed by atoms with E-state index >= 15 is 0 Å². The molecule has 0 amide bonds. The molecule has 0 bridgehead atoms. The lowest BCUT2D eigenvalue weighted by molar-refractivity contribution is -0.383. The van der Waals surface area contributed by atoms with Crippen molar-refractivity contribution in [1.29, 1.82) is 5.26 Å². The highest BCUT2D eigenvalue weighted by atomic mass is 19.1. The first-order chi connectivity index (χ1) is 5.27. The standard InChI is InChI=1S/C6H2FN3O/c7-4-1-5(10-11)6(2-8)9-3-4/h1,3H/p+1. The minimum absolute atomic E-state index is 0.0404. The number of aromatic nitrogens is 1. The number of hydrogen-bond donors (Lipinski definition) is 0. The summed E-state index contributed by atoms with van der Waals surface area (Å²) < 4.78 is 12.3. The Bertz CT molecular complexity index is 331. The third-order valence-corrected chi connectivity index (χ3v) is 1.10. The number of nitriles is 1. The van der Waals surface area contributed by atoms with Crippen LogP contribution < -0.4 is 4.98 Å². The lowest BCUT2D eigenvalue weighted by atomic mass is 10.3. The molecule has 4 nitrogen and oxygen atoms in total. The van der Waals surface area contributed by atoms with E-state index in [0.29, 0.717) is 0 Å². The van der Waals surface area contributed by atoms with Crippen LogP contribution in [0.3, 0.4) is 0 Å². The molecule has 0 aliphatic heterocycles. The number of nitroso groups, excluding NO2 is 1. The SMILES string of the molecule is N#Cc1[nH+]cc(F)cc1N=O. The van der Waals surface area contributed by atoms with Gasteiger partial charge in [-0.1, -0.05) is 0 Å². The van der Waals surface area contributed by atoms with E-state index in [2.05, 4.69) is 10.2 Å². The van der Waals surface area contributed by atoms with E-state index in [0.717, 1.165) is 12.3 Å². The van der Waals surface area contributed by atoms with Crippen molar-refractivity contribution in [2.24, 2.45) is 5.18 Å². The normalized spacial score (nSPS) is 8.73. The van der Waals surface area contributed by atoms with Crippen LogP contribution in [-0.4, -0.2) is 0 Å². The Hall–Kier alpha value is -1.83. The molecule has 1 aromatic heterocycles. The molecule has 1 aromatic rings. The van der Waals surface area contributed by atoms with Gasteiger partial charge in [0.25, 0.3) is 0 Å². The first kappa shape index (κ1) is 7.28. The van der Waals surface area contributed by atoms with Crippen molar-refractivity contribution in [1.82, 2.24) is 0 Å². The van der Waals surface area contributed by atoms with Crippen molar-refractivity contribution >= 4 is 5.69 Å². The molecular formula is C6H3FN3O+. The van der Waals surface area contributed by atoms with Gasteiger partial charge in [0.05, 0.1) is 0 Å². The van der Waals surface area contributed by atoms with E-state index in [1.807, 2.05) is 0 Å². The molecule has 0 fully saturated rings. The van der Waals surface area contributed by atoms with E-state index in [1.165, 1.54) is 0 Å². The summed E-state index contributed by atoms with van der Waals surface area (Å²) in [7, 11) is 0. The molecule has 0 saturated carbocycles. The molecule has 1 heterocycles. The summed E-state index contributed by atoms with van der Waals surface area (Å²) in [4.78, 5) is 12.2. The van der Waals surface area contributed by atoms with Gasteiger partial charge in [-0.3, -0.25) is 0 Å². The zero-order valence-electron chi connectivity index (χ0n) is 5.34. The van der Waals surface area contributed by atoms with E-state index in [-0.39, 0.29) is 11.4 Å². The van der Waals surface area contributed by atoms with Gasteiger partial charge in [0.15, 0.2) is 17.6 Å². The second-order valence-electron chi connectivity index (χ2n) is 1.78. The zero-order chi connectivity index (χ0) is 8.27. The summed E-state index contributed by atoms with van der Waals surface area (Å²) >= 11 is 0. The smallest absolute Gasteiger partial charge is 0.200 e. The van der Waals surface area contributed by atoms with Crippen LogP contribution in [-0.2, 0) is 0 Å². The van der Waals surface area contributed by atoms with Crippen molar-refractivity contribution in [3.63, 3.8) is 0 Å². The van der Waals surface area contributed by atoms with Crippen LogP contribution in [0, 0.1) is 22.1 Å². The summed E-state index contributed by atoms with van der Waals surface area (Å²) in [6, 6.07) is 2.55. The van der Waals surface area contributed by atoms with E-state index in [4.69, 9.17) is 5.26 Å². The van der Waals surface area contributed by atoms with Crippen molar-refractivity contribution in [2.45, 2.75) is 0 Å².